The van der Waals surface area contributed by atoms with Gasteiger partial charge in [-0.25, -0.2) is 14.6 Å². The van der Waals surface area contributed by atoms with E-state index in [0.29, 0.717) is 20.3 Å². The molecule has 6 nitrogen and oxygen atoms in total. The summed E-state index contributed by atoms with van der Waals surface area (Å²) >= 11 is 6.71. The van der Waals surface area contributed by atoms with Crippen molar-refractivity contribution in [3.63, 3.8) is 0 Å². The second kappa shape index (κ2) is 11.2. The number of hydrazone groups is 1. The SMILES string of the molecule is Cc1cccc(C)c1OCC(=O)NN=Cc1cc(Br)cc(Br)c1OC(=O)c1cccc(F)c1. The van der Waals surface area contributed by atoms with Crippen molar-refractivity contribution in [1.29, 1.82) is 0 Å². The number of hydrogen-bond acceptors (Lipinski definition) is 5. The van der Waals surface area contributed by atoms with Crippen molar-refractivity contribution in [3.05, 3.63) is 91.6 Å². The fourth-order valence-electron chi connectivity index (χ4n) is 2.92. The van der Waals surface area contributed by atoms with Gasteiger partial charge in [-0.2, -0.15) is 5.10 Å². The lowest BCUT2D eigenvalue weighted by Crippen LogP contribution is -2.25. The minimum Gasteiger partial charge on any atom is -0.483 e. The molecule has 0 radical (unpaired) electrons. The molecule has 170 valence electrons. The summed E-state index contributed by atoms with van der Waals surface area (Å²) in [5.74, 6) is -0.928. The first kappa shape index (κ1) is 24.6. The highest BCUT2D eigenvalue weighted by atomic mass is 79.9. The summed E-state index contributed by atoms with van der Waals surface area (Å²) in [6, 6.07) is 14.2. The van der Waals surface area contributed by atoms with Gasteiger partial charge in [-0.1, -0.05) is 40.2 Å². The Balaban J connectivity index is 1.69. The number of nitrogens with one attached hydrogen (secondary N) is 1. The molecule has 0 heterocycles. The summed E-state index contributed by atoms with van der Waals surface area (Å²) in [7, 11) is 0. The van der Waals surface area contributed by atoms with Crippen molar-refractivity contribution in [2.24, 2.45) is 5.10 Å². The van der Waals surface area contributed by atoms with Crippen LogP contribution in [-0.2, 0) is 4.79 Å². The Morgan fingerprint density at radius 1 is 1.03 bits per heavy atom. The summed E-state index contributed by atoms with van der Waals surface area (Å²) in [5, 5.41) is 3.94. The van der Waals surface area contributed by atoms with Crippen LogP contribution >= 0.6 is 31.9 Å². The fraction of sp³-hybridized carbons (Fsp3) is 0.125. The Hall–Kier alpha value is -3.04. The number of rotatable bonds is 7. The van der Waals surface area contributed by atoms with Crippen molar-refractivity contribution in [3.8, 4) is 11.5 Å². The van der Waals surface area contributed by atoms with Crippen molar-refractivity contribution in [1.82, 2.24) is 5.43 Å². The number of nitrogens with zero attached hydrogens (tertiary/aromatic N) is 1. The molecule has 0 aliphatic rings. The van der Waals surface area contributed by atoms with Crippen molar-refractivity contribution in [2.45, 2.75) is 13.8 Å². The highest BCUT2D eigenvalue weighted by Crippen LogP contribution is 2.32. The molecular weight excluding hydrogens is 559 g/mol. The zero-order chi connectivity index (χ0) is 24.0. The van der Waals surface area contributed by atoms with E-state index >= 15 is 0 Å². The second-order valence-corrected chi connectivity index (χ2v) is 8.78. The van der Waals surface area contributed by atoms with Gasteiger partial charge in [-0.15, -0.1) is 0 Å². The number of ether oxygens (including phenoxy) is 2. The molecule has 0 unspecified atom stereocenters. The molecule has 1 amide bonds. The number of halogens is 3. The molecule has 0 aromatic heterocycles. The summed E-state index contributed by atoms with van der Waals surface area (Å²) in [6.45, 7) is 3.58. The summed E-state index contributed by atoms with van der Waals surface area (Å²) in [4.78, 5) is 24.6. The number of carbonyl (C=O) groups excluding carboxylic acids is 2. The molecule has 0 aliphatic carbocycles. The van der Waals surface area contributed by atoms with E-state index < -0.39 is 17.7 Å². The number of esters is 1. The molecule has 9 heteroatoms. The van der Waals surface area contributed by atoms with E-state index in [1.165, 1.54) is 24.4 Å². The summed E-state index contributed by atoms with van der Waals surface area (Å²) < 4.78 is 25.7. The molecule has 0 saturated heterocycles. The number of amides is 1. The van der Waals surface area contributed by atoms with Crippen LogP contribution in [0.3, 0.4) is 0 Å². The molecular formula is C24H19Br2FN2O4. The molecule has 0 fully saturated rings. The molecule has 3 aromatic rings. The van der Waals surface area contributed by atoms with Gasteiger partial charge in [0.1, 0.15) is 11.6 Å². The van der Waals surface area contributed by atoms with Crippen molar-refractivity contribution < 1.29 is 23.5 Å². The van der Waals surface area contributed by atoms with Crippen molar-refractivity contribution in [2.75, 3.05) is 6.61 Å². The molecule has 0 saturated carbocycles. The van der Waals surface area contributed by atoms with Crippen LogP contribution in [0.15, 0.2) is 68.6 Å². The van der Waals surface area contributed by atoms with E-state index in [4.69, 9.17) is 9.47 Å². The van der Waals surface area contributed by atoms with Crippen molar-refractivity contribution >= 4 is 50.0 Å². The van der Waals surface area contributed by atoms with E-state index in [-0.39, 0.29) is 17.9 Å². The third-order valence-electron chi connectivity index (χ3n) is 4.44. The van der Waals surface area contributed by atoms with E-state index in [1.54, 1.807) is 12.1 Å². The maximum atomic E-state index is 13.4. The maximum Gasteiger partial charge on any atom is 0.343 e. The molecule has 3 aromatic carbocycles. The largest absolute Gasteiger partial charge is 0.483 e. The van der Waals surface area contributed by atoms with Gasteiger partial charge >= 0.3 is 5.97 Å². The quantitative estimate of drug-likeness (QED) is 0.169. The van der Waals surface area contributed by atoms with Gasteiger partial charge in [0.25, 0.3) is 5.91 Å². The molecule has 0 bridgehead atoms. The molecule has 0 spiro atoms. The lowest BCUT2D eigenvalue weighted by Gasteiger charge is -2.11. The minimum atomic E-state index is -0.738. The highest BCUT2D eigenvalue weighted by Gasteiger charge is 2.16. The van der Waals surface area contributed by atoms with Crippen LogP contribution in [-0.4, -0.2) is 24.7 Å². The monoisotopic (exact) mass is 576 g/mol. The number of hydrogen-bond donors (Lipinski definition) is 1. The normalized spacial score (nSPS) is 10.8. The fourth-order valence-corrected chi connectivity index (χ4v) is 4.26. The Labute approximate surface area is 207 Å². The van der Waals surface area contributed by atoms with Gasteiger partial charge in [0, 0.05) is 10.0 Å². The molecule has 33 heavy (non-hydrogen) atoms. The molecule has 1 N–H and O–H groups in total. The third-order valence-corrected chi connectivity index (χ3v) is 5.49. The summed E-state index contributed by atoms with van der Waals surface area (Å²) in [5.41, 5.74) is 4.70. The smallest absolute Gasteiger partial charge is 0.343 e. The van der Waals surface area contributed by atoms with E-state index in [0.717, 1.165) is 17.2 Å². The Kier molecular flexibility index (Phi) is 8.35. The lowest BCUT2D eigenvalue weighted by molar-refractivity contribution is -0.123. The number of para-hydroxylation sites is 1. The maximum absolute atomic E-state index is 13.4. The number of aryl methyl sites for hydroxylation is 2. The van der Waals surface area contributed by atoms with Gasteiger partial charge in [-0.05, 0) is 71.2 Å². The average Bonchev–Trinajstić information content (AvgIpc) is 2.75. The van der Waals surface area contributed by atoms with E-state index in [9.17, 15) is 14.0 Å². The van der Waals surface area contributed by atoms with Crippen LogP contribution in [0.4, 0.5) is 4.39 Å². The van der Waals surface area contributed by atoms with Gasteiger partial charge in [-0.3, -0.25) is 4.79 Å². The van der Waals surface area contributed by atoms with Gasteiger partial charge in [0.2, 0.25) is 0 Å². The third kappa shape index (κ3) is 6.72. The van der Waals surface area contributed by atoms with E-state index in [2.05, 4.69) is 42.4 Å². The highest BCUT2D eigenvalue weighted by molar-refractivity contribution is 9.11. The predicted molar refractivity (Wildman–Crippen MR) is 130 cm³/mol. The number of benzene rings is 3. The summed E-state index contributed by atoms with van der Waals surface area (Å²) in [6.07, 6.45) is 1.33. The zero-order valence-corrected chi connectivity index (χ0v) is 20.9. The van der Waals surface area contributed by atoms with Crippen LogP contribution in [0, 0.1) is 19.7 Å². The second-order valence-electron chi connectivity index (χ2n) is 7.01. The van der Waals surface area contributed by atoms with E-state index in [1.807, 2.05) is 32.0 Å². The average molecular weight is 578 g/mol. The Morgan fingerprint density at radius 3 is 2.42 bits per heavy atom. The van der Waals surface area contributed by atoms with Gasteiger partial charge < -0.3 is 9.47 Å². The van der Waals surface area contributed by atoms with Crippen LogP contribution in [0.25, 0.3) is 0 Å². The van der Waals surface area contributed by atoms with Gasteiger partial charge in [0.15, 0.2) is 12.4 Å². The van der Waals surface area contributed by atoms with Crippen LogP contribution in [0.5, 0.6) is 11.5 Å². The van der Waals surface area contributed by atoms with Gasteiger partial charge in [0.05, 0.1) is 16.3 Å². The zero-order valence-electron chi connectivity index (χ0n) is 17.7. The topological polar surface area (TPSA) is 77.0 Å². The van der Waals surface area contributed by atoms with Crippen LogP contribution in [0.2, 0.25) is 0 Å². The standard InChI is InChI=1S/C24H19Br2FN2O4/c1-14-5-3-6-15(2)22(14)32-13-21(30)29-28-12-17-9-18(25)11-20(26)23(17)33-24(31)16-7-4-8-19(27)10-16/h3-12H,13H2,1-2H3,(H,29,30). The molecule has 0 aliphatic heterocycles. The minimum absolute atomic E-state index is 0.0599. The first-order chi connectivity index (χ1) is 15.7. The Bertz CT molecular complexity index is 1210. The molecule has 0 atom stereocenters. The predicted octanol–water partition coefficient (Wildman–Crippen LogP) is 5.72. The molecule has 3 rings (SSSR count). The lowest BCUT2D eigenvalue weighted by atomic mass is 10.1. The van der Waals surface area contributed by atoms with Crippen LogP contribution < -0.4 is 14.9 Å². The first-order valence-corrected chi connectivity index (χ1v) is 11.3. The van der Waals surface area contributed by atoms with Crippen LogP contribution in [0.1, 0.15) is 27.0 Å². The first-order valence-electron chi connectivity index (χ1n) is 9.72. The number of carbonyl (C=O) groups is 2. The Morgan fingerprint density at radius 2 is 1.73 bits per heavy atom.